The summed E-state index contributed by atoms with van der Waals surface area (Å²) >= 11 is 0. The van der Waals surface area contributed by atoms with Gasteiger partial charge in [0.2, 0.25) is 0 Å². The van der Waals surface area contributed by atoms with Crippen molar-refractivity contribution in [1.29, 1.82) is 0 Å². The molecule has 0 heterocycles. The first-order valence-electron chi connectivity index (χ1n) is 10.2. The maximum Gasteiger partial charge on any atom is 0.0876 e. The lowest BCUT2D eigenvalue weighted by molar-refractivity contribution is 0.475. The summed E-state index contributed by atoms with van der Waals surface area (Å²) in [7, 11) is 0. The molecule has 0 atom stereocenters. The van der Waals surface area contributed by atoms with Gasteiger partial charge in [0.15, 0.2) is 0 Å². The van der Waals surface area contributed by atoms with Crippen molar-refractivity contribution in [3.05, 3.63) is 75.0 Å². The smallest absolute Gasteiger partial charge is 0.0876 e. The Morgan fingerprint density at radius 1 is 0.704 bits per heavy atom. The Labute approximate surface area is 166 Å². The quantitative estimate of drug-likeness (QED) is 0.534. The van der Waals surface area contributed by atoms with E-state index >= 15 is 0 Å². The first-order chi connectivity index (χ1) is 12.6. The van der Waals surface area contributed by atoms with Crippen LogP contribution >= 0.6 is 0 Å². The van der Waals surface area contributed by atoms with Crippen molar-refractivity contribution in [3.8, 4) is 0 Å². The molecule has 0 saturated heterocycles. The third-order valence-electron chi connectivity index (χ3n) is 5.48. The van der Waals surface area contributed by atoms with Gasteiger partial charge in [0.05, 0.1) is 6.26 Å². The van der Waals surface area contributed by atoms with Crippen LogP contribution in [0, 0.1) is 20.8 Å². The minimum atomic E-state index is 0.386. The van der Waals surface area contributed by atoms with Crippen molar-refractivity contribution in [3.63, 3.8) is 0 Å². The Balaban J connectivity index is 2.90. The fraction of sp³-hybridized carbons (Fsp3) is 0.462. The monoisotopic (exact) mass is 364 g/mol. The molecule has 2 rings (SSSR count). The van der Waals surface area contributed by atoms with E-state index < -0.39 is 0 Å². The molecule has 0 radical (unpaired) electrons. The molecule has 0 unspecified atom stereocenters. The molecular formula is C26H36O. The van der Waals surface area contributed by atoms with Crippen LogP contribution in [0.5, 0.6) is 0 Å². The zero-order valence-electron chi connectivity index (χ0n) is 18.6. The van der Waals surface area contributed by atoms with Crippen LogP contribution < -0.4 is 0 Å². The molecule has 0 aromatic heterocycles. The van der Waals surface area contributed by atoms with E-state index in [2.05, 4.69) is 86.6 Å². The van der Waals surface area contributed by atoms with Gasteiger partial charge in [-0.15, -0.1) is 0 Å². The van der Waals surface area contributed by atoms with Crippen molar-refractivity contribution in [2.45, 2.75) is 80.1 Å². The molecule has 0 saturated carbocycles. The summed E-state index contributed by atoms with van der Waals surface area (Å²) in [5.74, 6) is 1.26. The Bertz CT molecular complexity index is 798. The lowest BCUT2D eigenvalue weighted by atomic mass is 9.78. The van der Waals surface area contributed by atoms with Gasteiger partial charge in [0.25, 0.3) is 0 Å². The van der Waals surface area contributed by atoms with E-state index in [1.165, 1.54) is 45.2 Å². The summed E-state index contributed by atoms with van der Waals surface area (Å²) < 4.78 is 0. The second-order valence-corrected chi connectivity index (χ2v) is 8.85. The second-order valence-electron chi connectivity index (χ2n) is 8.85. The normalized spacial score (nSPS) is 12.5. The fourth-order valence-corrected chi connectivity index (χ4v) is 4.13. The molecule has 0 fully saturated rings. The number of hydrogen-bond acceptors (Lipinski definition) is 1. The van der Waals surface area contributed by atoms with Gasteiger partial charge >= 0.3 is 0 Å². The average molecular weight is 365 g/mol. The van der Waals surface area contributed by atoms with Crippen molar-refractivity contribution in [2.75, 3.05) is 0 Å². The number of aliphatic hydroxyl groups excluding tert-OH is 1. The zero-order chi connectivity index (χ0) is 20.5. The van der Waals surface area contributed by atoms with Crippen LogP contribution in [0.3, 0.4) is 0 Å². The van der Waals surface area contributed by atoms with Crippen molar-refractivity contribution in [2.24, 2.45) is 0 Å². The van der Waals surface area contributed by atoms with Gasteiger partial charge in [0.1, 0.15) is 0 Å². The number of hydrogen-bond donors (Lipinski definition) is 1. The highest BCUT2D eigenvalue weighted by Crippen LogP contribution is 2.40. The van der Waals surface area contributed by atoms with E-state index in [1.807, 2.05) is 0 Å². The highest BCUT2D eigenvalue weighted by atomic mass is 16.2. The van der Waals surface area contributed by atoms with Gasteiger partial charge in [0, 0.05) is 5.57 Å². The predicted molar refractivity (Wildman–Crippen MR) is 119 cm³/mol. The average Bonchev–Trinajstić information content (AvgIpc) is 2.56. The zero-order valence-corrected chi connectivity index (χ0v) is 18.6. The van der Waals surface area contributed by atoms with Gasteiger partial charge in [-0.3, -0.25) is 0 Å². The van der Waals surface area contributed by atoms with E-state index in [9.17, 15) is 5.11 Å². The standard InChI is InChI=1S/C26H36O/c1-15(2)21-12-22(16(3)4)26(23(13-21)17(5)6)24(14-27)25-19(8)10-18(7)11-20(25)9/h10-17,27H,1-9H3/b24-14+. The molecule has 146 valence electrons. The summed E-state index contributed by atoms with van der Waals surface area (Å²) in [5, 5.41) is 10.4. The van der Waals surface area contributed by atoms with E-state index in [1.54, 1.807) is 0 Å². The molecule has 1 nitrogen and oxygen atoms in total. The van der Waals surface area contributed by atoms with Crippen LogP contribution in [-0.4, -0.2) is 5.11 Å². The topological polar surface area (TPSA) is 20.2 Å². The third kappa shape index (κ3) is 4.29. The van der Waals surface area contributed by atoms with E-state index in [0.29, 0.717) is 17.8 Å². The Kier molecular flexibility index (Phi) is 6.57. The van der Waals surface area contributed by atoms with Crippen LogP contribution in [0.1, 0.15) is 104 Å². The SMILES string of the molecule is Cc1cc(C)c(/C(=C\O)c2c(C(C)C)cc(C(C)C)cc2C(C)C)c(C)c1. The molecule has 0 spiro atoms. The second kappa shape index (κ2) is 8.33. The Hall–Kier alpha value is -2.02. The van der Waals surface area contributed by atoms with Crippen LogP contribution in [-0.2, 0) is 0 Å². The van der Waals surface area contributed by atoms with E-state index in [-0.39, 0.29) is 0 Å². The highest BCUT2D eigenvalue weighted by Gasteiger charge is 2.23. The maximum atomic E-state index is 10.4. The summed E-state index contributed by atoms with van der Waals surface area (Å²) in [4.78, 5) is 0. The summed E-state index contributed by atoms with van der Waals surface area (Å²) in [6, 6.07) is 9.11. The molecule has 2 aromatic carbocycles. The van der Waals surface area contributed by atoms with Gasteiger partial charge in [-0.05, 0) is 77.5 Å². The minimum absolute atomic E-state index is 0.386. The molecule has 2 aromatic rings. The molecule has 0 aliphatic carbocycles. The Morgan fingerprint density at radius 2 is 1.15 bits per heavy atom. The minimum Gasteiger partial charge on any atom is -0.515 e. The maximum absolute atomic E-state index is 10.4. The van der Waals surface area contributed by atoms with Gasteiger partial charge in [-0.2, -0.15) is 0 Å². The fourth-order valence-electron chi connectivity index (χ4n) is 4.13. The largest absolute Gasteiger partial charge is 0.515 e. The van der Waals surface area contributed by atoms with E-state index in [4.69, 9.17) is 0 Å². The molecule has 0 aliphatic heterocycles. The van der Waals surface area contributed by atoms with Crippen LogP contribution in [0.15, 0.2) is 30.5 Å². The van der Waals surface area contributed by atoms with Gasteiger partial charge in [-0.1, -0.05) is 71.4 Å². The molecule has 27 heavy (non-hydrogen) atoms. The lowest BCUT2D eigenvalue weighted by Gasteiger charge is -2.26. The number of benzene rings is 2. The summed E-state index contributed by atoms with van der Waals surface area (Å²) in [6.45, 7) is 19.9. The van der Waals surface area contributed by atoms with Crippen molar-refractivity contribution >= 4 is 5.57 Å². The molecule has 0 amide bonds. The Morgan fingerprint density at radius 3 is 1.48 bits per heavy atom. The number of aryl methyl sites for hydroxylation is 3. The van der Waals surface area contributed by atoms with Crippen molar-refractivity contribution in [1.82, 2.24) is 0 Å². The molecule has 1 N–H and O–H groups in total. The van der Waals surface area contributed by atoms with E-state index in [0.717, 1.165) is 11.1 Å². The third-order valence-corrected chi connectivity index (χ3v) is 5.48. The summed E-state index contributed by atoms with van der Waals surface area (Å²) in [5.41, 5.74) is 11.0. The molecular weight excluding hydrogens is 328 g/mol. The van der Waals surface area contributed by atoms with Crippen LogP contribution in [0.25, 0.3) is 5.57 Å². The molecule has 0 aliphatic rings. The lowest BCUT2D eigenvalue weighted by Crippen LogP contribution is -2.08. The summed E-state index contributed by atoms with van der Waals surface area (Å²) in [6.07, 6.45) is 1.33. The highest BCUT2D eigenvalue weighted by molar-refractivity contribution is 5.86. The first-order valence-corrected chi connectivity index (χ1v) is 10.2. The van der Waals surface area contributed by atoms with Gasteiger partial charge in [-0.25, -0.2) is 0 Å². The van der Waals surface area contributed by atoms with Crippen molar-refractivity contribution < 1.29 is 5.11 Å². The predicted octanol–water partition coefficient (Wildman–Crippen LogP) is 7.93. The first kappa shape index (κ1) is 21.3. The molecule has 0 bridgehead atoms. The number of rotatable bonds is 5. The van der Waals surface area contributed by atoms with Crippen LogP contribution in [0.4, 0.5) is 0 Å². The van der Waals surface area contributed by atoms with Crippen LogP contribution in [0.2, 0.25) is 0 Å². The number of aliphatic hydroxyl groups is 1. The molecule has 1 heteroatoms. The van der Waals surface area contributed by atoms with Gasteiger partial charge < -0.3 is 5.11 Å².